The highest BCUT2D eigenvalue weighted by molar-refractivity contribution is 4.61. The zero-order chi connectivity index (χ0) is 15.2. The number of ether oxygens (including phenoxy) is 1. The number of hydrogen-bond donors (Lipinski definition) is 5. The van der Waals surface area contributed by atoms with Gasteiger partial charge in [0.15, 0.2) is 0 Å². The van der Waals surface area contributed by atoms with Crippen molar-refractivity contribution in [2.45, 2.75) is 64.8 Å². The van der Waals surface area contributed by atoms with Gasteiger partial charge in [-0.25, -0.2) is 5.01 Å². The van der Waals surface area contributed by atoms with Gasteiger partial charge in [0.1, 0.15) is 0 Å². The van der Waals surface area contributed by atoms with Crippen molar-refractivity contribution in [2.75, 3.05) is 13.5 Å². The lowest BCUT2D eigenvalue weighted by atomic mass is 10.1. The van der Waals surface area contributed by atoms with Crippen LogP contribution >= 0.6 is 0 Å². The Morgan fingerprint density at radius 1 is 0.875 bits per heavy atom. The lowest BCUT2D eigenvalue weighted by Gasteiger charge is -2.37. The molecule has 1 rings (SSSR count). The standard InChI is InChI=1S/C12H29N5O3.4HI/c1-5-11(6-2)15-19-12(7-3,8-4)16(13)9-18-10-17(14)20-11;;;;/h15H,5-10,13-14H2,1-4H3;4*1H/p-1. The van der Waals surface area contributed by atoms with Crippen LogP contribution in [0, 0.1) is 0 Å². The Kier molecular flexibility index (Phi) is 23.5. The molecule has 8 N–H and O–H groups in total. The minimum Gasteiger partial charge on any atom is -1.00 e. The smallest absolute Gasteiger partial charge is 0.282 e. The van der Waals surface area contributed by atoms with Crippen molar-refractivity contribution in [1.29, 1.82) is 0 Å². The lowest BCUT2D eigenvalue weighted by Crippen LogP contribution is -3.30. The highest BCUT2D eigenvalue weighted by Gasteiger charge is 2.47. The molecule has 0 aromatic carbocycles. The summed E-state index contributed by atoms with van der Waals surface area (Å²) in [4.78, 5) is 12.0. The predicted octanol–water partition coefficient (Wildman–Crippen LogP) is -15.1. The van der Waals surface area contributed by atoms with Gasteiger partial charge in [-0.3, -0.25) is 4.74 Å². The van der Waals surface area contributed by atoms with Crippen molar-refractivity contribution in [3.05, 3.63) is 0 Å². The minimum atomic E-state index is -0.527. The normalized spacial score (nSPS) is 25.8. The van der Waals surface area contributed by atoms with Crippen molar-refractivity contribution < 1.29 is 126 Å². The van der Waals surface area contributed by atoms with Crippen LogP contribution < -0.4 is 123 Å². The summed E-state index contributed by atoms with van der Waals surface area (Å²) in [5.74, 6) is 12.1. The molecule has 0 radical (unpaired) electrons. The Morgan fingerprint density at radius 2 is 1.38 bits per heavy atom. The predicted molar refractivity (Wildman–Crippen MR) is 71.8 cm³/mol. The molecule has 0 amide bonds. The highest BCUT2D eigenvalue weighted by atomic mass is 127. The Bertz CT molecular complexity index is 300. The van der Waals surface area contributed by atoms with Gasteiger partial charge in [-0.05, 0) is 0 Å². The third kappa shape index (κ3) is 9.20. The fraction of sp³-hybridized carbons (Fsp3) is 1.00. The maximum absolute atomic E-state index is 6.20. The summed E-state index contributed by atoms with van der Waals surface area (Å²) in [6.07, 6.45) is 3.12. The molecule has 8 nitrogen and oxygen atoms in total. The molecule has 1 heterocycles. The number of hydrogen-bond acceptors (Lipinski definition) is 5. The average molecular weight is 802 g/mol. The van der Waals surface area contributed by atoms with Crippen LogP contribution in [0.5, 0.6) is 0 Å². The van der Waals surface area contributed by atoms with Gasteiger partial charge in [-0.2, -0.15) is 11.3 Å². The van der Waals surface area contributed by atoms with Gasteiger partial charge in [0.05, 0.1) is 0 Å². The summed E-state index contributed by atoms with van der Waals surface area (Å²) in [6, 6.07) is 0. The average Bonchev–Trinajstić information content (AvgIpc) is 2.47. The lowest BCUT2D eigenvalue weighted by molar-refractivity contribution is -1.20. The molecule has 0 aromatic rings. The van der Waals surface area contributed by atoms with E-state index in [0.29, 0.717) is 16.9 Å². The van der Waals surface area contributed by atoms with Crippen molar-refractivity contribution >= 4 is 0 Å². The van der Waals surface area contributed by atoms with E-state index in [4.69, 9.17) is 26.1 Å². The van der Waals surface area contributed by atoms with E-state index >= 15 is 0 Å². The second-order valence-corrected chi connectivity index (χ2v) is 5.30. The summed E-state index contributed by atoms with van der Waals surface area (Å²) < 4.78 is 5.53. The molecule has 12 heteroatoms. The van der Waals surface area contributed by atoms with E-state index in [1.807, 2.05) is 0 Å². The van der Waals surface area contributed by atoms with Crippen LogP contribution in [0.1, 0.15) is 53.4 Å². The van der Waals surface area contributed by atoms with Gasteiger partial charge in [0.25, 0.3) is 11.4 Å². The van der Waals surface area contributed by atoms with Crippen LogP contribution in [0.25, 0.3) is 0 Å². The molecule has 1 aliphatic rings. The molecular formula is C12H32I4N5O3-. The molecule has 0 aromatic heterocycles. The first-order chi connectivity index (χ1) is 9.47. The Labute approximate surface area is 213 Å². The van der Waals surface area contributed by atoms with E-state index in [0.717, 1.165) is 25.7 Å². The van der Waals surface area contributed by atoms with Crippen LogP contribution in [0.15, 0.2) is 0 Å². The summed E-state index contributed by atoms with van der Waals surface area (Å²) in [5, 5.41) is 1.07. The Morgan fingerprint density at radius 3 is 1.79 bits per heavy atom. The fourth-order valence-electron chi connectivity index (χ4n) is 2.44. The monoisotopic (exact) mass is 802 g/mol. The van der Waals surface area contributed by atoms with Crippen molar-refractivity contribution in [3.63, 3.8) is 0 Å². The molecule has 1 aliphatic heterocycles. The molecule has 0 aliphatic carbocycles. The summed E-state index contributed by atoms with van der Waals surface area (Å²) in [6.45, 7) is 8.81. The van der Waals surface area contributed by atoms with E-state index < -0.39 is 11.4 Å². The van der Waals surface area contributed by atoms with Crippen LogP contribution in [0.4, 0.5) is 0 Å². The summed E-state index contributed by atoms with van der Waals surface area (Å²) in [5.41, 5.74) is 0.761. The Hall–Kier alpha value is 2.60. The van der Waals surface area contributed by atoms with Gasteiger partial charge in [-0.15, -0.1) is 15.5 Å². The van der Waals surface area contributed by atoms with Crippen molar-refractivity contribution in [1.82, 2.24) is 0 Å². The van der Waals surface area contributed by atoms with Crippen molar-refractivity contribution in [3.8, 4) is 0 Å². The molecule has 152 valence electrons. The third-order valence-electron chi connectivity index (χ3n) is 4.26. The molecule has 2 unspecified atom stereocenters. The maximum Gasteiger partial charge on any atom is 0.282 e. The van der Waals surface area contributed by atoms with Gasteiger partial charge in [0.2, 0.25) is 13.5 Å². The first-order valence-electron chi connectivity index (χ1n) is 7.49. The molecule has 0 bridgehead atoms. The van der Waals surface area contributed by atoms with E-state index in [1.54, 1.807) is 5.48 Å². The molecule has 1 fully saturated rings. The number of nitrogens with two attached hydrogens (primary N) is 3. The van der Waals surface area contributed by atoms with E-state index in [2.05, 4.69) is 27.7 Å². The van der Waals surface area contributed by atoms with E-state index in [-0.39, 0.29) is 103 Å². The second kappa shape index (κ2) is 16.5. The van der Waals surface area contributed by atoms with Crippen LogP contribution in [0.3, 0.4) is 0 Å². The number of rotatable bonds is 4. The fourth-order valence-corrected chi connectivity index (χ4v) is 2.44. The third-order valence-corrected chi connectivity index (χ3v) is 4.26. The zero-order valence-corrected chi connectivity index (χ0v) is 23.3. The largest absolute Gasteiger partial charge is 1.00 e. The highest BCUT2D eigenvalue weighted by Crippen LogP contribution is 2.13. The van der Waals surface area contributed by atoms with Gasteiger partial charge >= 0.3 is 0 Å². The minimum absolute atomic E-state index is 0. The number of halogens is 4. The molecule has 0 spiro atoms. The number of hydroxylamine groups is 2. The summed E-state index contributed by atoms with van der Waals surface area (Å²) >= 11 is 0. The maximum atomic E-state index is 6.20. The van der Waals surface area contributed by atoms with Gasteiger partial charge in [0, 0.05) is 25.7 Å². The Balaban J connectivity index is -0.000000500. The zero-order valence-electron chi connectivity index (χ0n) is 14.7. The van der Waals surface area contributed by atoms with Gasteiger partial charge < -0.3 is 95.9 Å². The first-order valence-corrected chi connectivity index (χ1v) is 7.49. The van der Waals surface area contributed by atoms with E-state index in [9.17, 15) is 0 Å². The quantitative estimate of drug-likeness (QED) is 0.144. The number of nitrogens with one attached hydrogen (secondary N) is 2. The van der Waals surface area contributed by atoms with Crippen LogP contribution in [-0.2, 0) is 14.4 Å². The van der Waals surface area contributed by atoms with Crippen LogP contribution in [0.2, 0.25) is 0 Å². The topological polar surface area (TPSA) is 105 Å². The van der Waals surface area contributed by atoms with E-state index in [1.165, 1.54) is 0 Å². The van der Waals surface area contributed by atoms with Crippen molar-refractivity contribution in [2.24, 2.45) is 11.7 Å². The first kappa shape index (κ1) is 34.1. The molecule has 24 heavy (non-hydrogen) atoms. The van der Waals surface area contributed by atoms with Gasteiger partial charge in [-0.1, -0.05) is 32.9 Å². The van der Waals surface area contributed by atoms with Crippen LogP contribution in [-0.4, -0.2) is 24.9 Å². The molecule has 2 atom stereocenters. The molecule has 1 saturated heterocycles. The molecule has 0 saturated carbocycles. The second-order valence-electron chi connectivity index (χ2n) is 5.30. The summed E-state index contributed by atoms with van der Waals surface area (Å²) in [7, 11) is 0. The SMILES string of the molecule is CCC1(CC)[NH2+]OC(CC)(CC)[NH+](N)COC[NH+](N)O1.[I-].[I-].[I-].[I-]. The molecular weight excluding hydrogens is 770 g/mol. The number of quaternary nitrogens is 3.